The Labute approximate surface area is 106 Å². The highest BCUT2D eigenvalue weighted by molar-refractivity contribution is 5.55. The Kier molecular flexibility index (Phi) is 3.69. The molecule has 0 aliphatic rings. The molecule has 2 heterocycles. The summed E-state index contributed by atoms with van der Waals surface area (Å²) >= 11 is 0. The fourth-order valence-corrected chi connectivity index (χ4v) is 1.65. The Balaban J connectivity index is 2.11. The van der Waals surface area contributed by atoms with Gasteiger partial charge in [0, 0.05) is 11.3 Å². The van der Waals surface area contributed by atoms with Crippen molar-refractivity contribution in [1.82, 2.24) is 15.0 Å². The predicted molar refractivity (Wildman–Crippen MR) is 70.9 cm³/mol. The Morgan fingerprint density at radius 2 is 1.94 bits per heavy atom. The number of hydrogen-bond acceptors (Lipinski definition) is 6. The van der Waals surface area contributed by atoms with Gasteiger partial charge < -0.3 is 10.7 Å². The molecule has 0 spiro atoms. The fourth-order valence-electron chi connectivity index (χ4n) is 1.65. The van der Waals surface area contributed by atoms with E-state index in [4.69, 9.17) is 5.84 Å². The second-order valence-electron chi connectivity index (χ2n) is 3.96. The lowest BCUT2D eigenvalue weighted by molar-refractivity contribution is 0.989. The first-order chi connectivity index (χ1) is 8.70. The van der Waals surface area contributed by atoms with Crippen molar-refractivity contribution in [3.05, 3.63) is 41.5 Å². The number of hydrazine groups is 1. The molecular formula is C12H16N6. The van der Waals surface area contributed by atoms with Crippen molar-refractivity contribution in [2.75, 3.05) is 10.7 Å². The minimum atomic E-state index is 0.615. The Morgan fingerprint density at radius 3 is 2.67 bits per heavy atom. The van der Waals surface area contributed by atoms with E-state index in [1.54, 1.807) is 0 Å². The van der Waals surface area contributed by atoms with E-state index in [2.05, 4.69) is 25.7 Å². The first-order valence-corrected chi connectivity index (χ1v) is 5.65. The molecule has 0 radical (unpaired) electrons. The van der Waals surface area contributed by atoms with Gasteiger partial charge >= 0.3 is 0 Å². The zero-order chi connectivity index (χ0) is 13.0. The van der Waals surface area contributed by atoms with Crippen LogP contribution in [0.2, 0.25) is 0 Å². The standard InChI is InChI=1S/C12H16N6/c1-8-4-3-5-10(17-8)6-14-11-9(2)12(18-13)16-7-15-11/h3-5,7H,6,13H2,1-2H3,(H2,14,15,16,18). The second-order valence-corrected chi connectivity index (χ2v) is 3.96. The zero-order valence-electron chi connectivity index (χ0n) is 10.4. The Bertz CT molecular complexity index is 540. The summed E-state index contributed by atoms with van der Waals surface area (Å²) < 4.78 is 0. The van der Waals surface area contributed by atoms with Gasteiger partial charge in [-0.05, 0) is 26.0 Å². The number of nitrogen functional groups attached to an aromatic ring is 1. The third-order valence-electron chi connectivity index (χ3n) is 2.60. The van der Waals surface area contributed by atoms with E-state index in [0.29, 0.717) is 12.4 Å². The third kappa shape index (κ3) is 2.72. The van der Waals surface area contributed by atoms with Crippen LogP contribution in [0.15, 0.2) is 24.5 Å². The normalized spacial score (nSPS) is 10.2. The summed E-state index contributed by atoms with van der Waals surface area (Å²) in [5.74, 6) is 6.73. The van der Waals surface area contributed by atoms with Crippen LogP contribution in [0.4, 0.5) is 11.6 Å². The SMILES string of the molecule is Cc1cccc(CNc2ncnc(NN)c2C)n1. The Morgan fingerprint density at radius 1 is 1.17 bits per heavy atom. The van der Waals surface area contributed by atoms with E-state index in [1.807, 2.05) is 32.0 Å². The number of pyridine rings is 1. The lowest BCUT2D eigenvalue weighted by atomic mass is 10.3. The number of nitrogens with zero attached hydrogens (tertiary/aromatic N) is 3. The maximum absolute atomic E-state index is 5.37. The molecule has 0 aliphatic heterocycles. The molecule has 0 aromatic carbocycles. The van der Waals surface area contributed by atoms with Crippen molar-refractivity contribution in [1.29, 1.82) is 0 Å². The van der Waals surface area contributed by atoms with Gasteiger partial charge in [0.15, 0.2) is 0 Å². The number of nitrogens with two attached hydrogens (primary N) is 1. The van der Waals surface area contributed by atoms with E-state index in [1.165, 1.54) is 6.33 Å². The maximum Gasteiger partial charge on any atom is 0.148 e. The Hall–Kier alpha value is -2.21. The van der Waals surface area contributed by atoms with E-state index >= 15 is 0 Å². The molecular weight excluding hydrogens is 228 g/mol. The molecule has 2 rings (SSSR count). The fraction of sp³-hybridized carbons (Fsp3) is 0.250. The van der Waals surface area contributed by atoms with Crippen LogP contribution in [0.1, 0.15) is 17.0 Å². The molecule has 6 nitrogen and oxygen atoms in total. The lowest BCUT2D eigenvalue weighted by Crippen LogP contribution is -2.13. The maximum atomic E-state index is 5.37. The smallest absolute Gasteiger partial charge is 0.148 e. The van der Waals surface area contributed by atoms with Crippen LogP contribution in [0.5, 0.6) is 0 Å². The summed E-state index contributed by atoms with van der Waals surface area (Å²) in [7, 11) is 0. The van der Waals surface area contributed by atoms with Crippen LogP contribution in [0, 0.1) is 13.8 Å². The number of hydrogen-bond donors (Lipinski definition) is 3. The first kappa shape index (κ1) is 12.3. The molecule has 94 valence electrons. The van der Waals surface area contributed by atoms with Crippen molar-refractivity contribution in [3.8, 4) is 0 Å². The monoisotopic (exact) mass is 244 g/mol. The molecule has 6 heteroatoms. The van der Waals surface area contributed by atoms with Gasteiger partial charge in [0.05, 0.1) is 12.2 Å². The van der Waals surface area contributed by atoms with Crippen LogP contribution < -0.4 is 16.6 Å². The summed E-state index contributed by atoms with van der Waals surface area (Å²) in [6.45, 7) is 4.49. The minimum Gasteiger partial charge on any atom is -0.364 e. The van der Waals surface area contributed by atoms with Crippen molar-refractivity contribution >= 4 is 11.6 Å². The van der Waals surface area contributed by atoms with Crippen LogP contribution in [-0.2, 0) is 6.54 Å². The van der Waals surface area contributed by atoms with Crippen molar-refractivity contribution < 1.29 is 0 Å². The summed E-state index contributed by atoms with van der Waals surface area (Å²) in [4.78, 5) is 12.6. The quantitative estimate of drug-likeness (QED) is 0.556. The van der Waals surface area contributed by atoms with E-state index in [-0.39, 0.29) is 0 Å². The average Bonchev–Trinajstić information content (AvgIpc) is 2.38. The van der Waals surface area contributed by atoms with Crippen LogP contribution in [0.3, 0.4) is 0 Å². The molecule has 0 fully saturated rings. The van der Waals surface area contributed by atoms with Gasteiger partial charge in [0.1, 0.15) is 18.0 Å². The van der Waals surface area contributed by atoms with Crippen molar-refractivity contribution in [2.45, 2.75) is 20.4 Å². The summed E-state index contributed by atoms with van der Waals surface area (Å²) in [6, 6.07) is 5.92. The number of aryl methyl sites for hydroxylation is 1. The minimum absolute atomic E-state index is 0.615. The van der Waals surface area contributed by atoms with Gasteiger partial charge in [-0.3, -0.25) is 4.98 Å². The van der Waals surface area contributed by atoms with E-state index < -0.39 is 0 Å². The second kappa shape index (κ2) is 5.42. The highest BCUT2D eigenvalue weighted by Crippen LogP contribution is 2.17. The molecule has 2 aromatic rings. The number of anilines is 2. The predicted octanol–water partition coefficient (Wildman–Crippen LogP) is 1.39. The highest BCUT2D eigenvalue weighted by atomic mass is 15.3. The summed E-state index contributed by atoms with van der Waals surface area (Å²) in [6.07, 6.45) is 1.47. The molecule has 0 atom stereocenters. The molecule has 0 saturated carbocycles. The van der Waals surface area contributed by atoms with Crippen LogP contribution in [-0.4, -0.2) is 15.0 Å². The molecule has 0 saturated heterocycles. The van der Waals surface area contributed by atoms with Gasteiger partial charge in [-0.25, -0.2) is 15.8 Å². The largest absolute Gasteiger partial charge is 0.364 e. The number of nitrogens with one attached hydrogen (secondary N) is 2. The first-order valence-electron chi connectivity index (χ1n) is 5.65. The summed E-state index contributed by atoms with van der Waals surface area (Å²) in [5, 5.41) is 3.22. The average molecular weight is 244 g/mol. The van der Waals surface area contributed by atoms with E-state index in [0.717, 1.165) is 22.8 Å². The molecule has 0 amide bonds. The van der Waals surface area contributed by atoms with Gasteiger partial charge in [-0.1, -0.05) is 6.07 Å². The van der Waals surface area contributed by atoms with E-state index in [9.17, 15) is 0 Å². The highest BCUT2D eigenvalue weighted by Gasteiger charge is 2.05. The molecule has 0 aliphatic carbocycles. The number of aromatic nitrogens is 3. The van der Waals surface area contributed by atoms with Gasteiger partial charge in [0.2, 0.25) is 0 Å². The summed E-state index contributed by atoms with van der Waals surface area (Å²) in [5.41, 5.74) is 5.38. The van der Waals surface area contributed by atoms with Crippen LogP contribution >= 0.6 is 0 Å². The molecule has 4 N–H and O–H groups in total. The van der Waals surface area contributed by atoms with Gasteiger partial charge in [0.25, 0.3) is 0 Å². The van der Waals surface area contributed by atoms with Crippen molar-refractivity contribution in [3.63, 3.8) is 0 Å². The third-order valence-corrected chi connectivity index (χ3v) is 2.60. The zero-order valence-corrected chi connectivity index (χ0v) is 10.4. The molecule has 0 unspecified atom stereocenters. The number of rotatable bonds is 4. The molecule has 2 aromatic heterocycles. The van der Waals surface area contributed by atoms with Gasteiger partial charge in [-0.15, -0.1) is 0 Å². The molecule has 0 bridgehead atoms. The van der Waals surface area contributed by atoms with Crippen molar-refractivity contribution in [2.24, 2.45) is 5.84 Å². The van der Waals surface area contributed by atoms with Gasteiger partial charge in [-0.2, -0.15) is 0 Å². The molecule has 18 heavy (non-hydrogen) atoms. The lowest BCUT2D eigenvalue weighted by Gasteiger charge is -2.10. The topological polar surface area (TPSA) is 88.8 Å². The van der Waals surface area contributed by atoms with Crippen LogP contribution in [0.25, 0.3) is 0 Å².